The first-order valence-corrected chi connectivity index (χ1v) is 39.1. The number of nitrogens with zero attached hydrogens (tertiary/aromatic N) is 4. The molecule has 0 unspecified atom stereocenters. The molecule has 1 aliphatic rings. The van der Waals surface area contributed by atoms with E-state index in [1.54, 1.807) is 0 Å². The minimum atomic E-state index is 0.0209. The number of furan rings is 1. The fourth-order valence-corrected chi connectivity index (χ4v) is 21.7. The Morgan fingerprint density at radius 1 is 0.234 bits per heavy atom. The Hall–Kier alpha value is -12.8. The van der Waals surface area contributed by atoms with Crippen molar-refractivity contribution in [3.8, 4) is 33.9 Å². The quantitative estimate of drug-likeness (QED) is 0.173. The van der Waals surface area contributed by atoms with Crippen molar-refractivity contribution < 1.29 is 4.42 Å². The van der Waals surface area contributed by atoms with Crippen molar-refractivity contribution in [3.63, 3.8) is 0 Å². The molecule has 8 heterocycles. The van der Waals surface area contributed by atoms with Gasteiger partial charge in [0.2, 0.25) is 0 Å². The van der Waals surface area contributed by atoms with Crippen molar-refractivity contribution in [2.45, 2.75) is 19.3 Å². The van der Waals surface area contributed by atoms with Gasteiger partial charge in [-0.3, -0.25) is 0 Å². The maximum Gasteiger partial charge on any atom is 0.159 e. The maximum absolute atomic E-state index is 6.43. The average Bonchev–Trinajstić information content (AvgIpc) is 1.56. The van der Waals surface area contributed by atoms with E-state index in [1.807, 2.05) is 46.1 Å². The lowest BCUT2D eigenvalue weighted by molar-refractivity contribution is 0.660. The first-order chi connectivity index (χ1) is 52.9. The zero-order chi connectivity index (χ0) is 70.3. The molecule has 25 rings (SSSR count). The van der Waals surface area contributed by atoms with Crippen LogP contribution in [-0.4, -0.2) is 18.3 Å². The fraction of sp³-hybridized carbons (Fsp3) is 0.0303. The van der Waals surface area contributed by atoms with Crippen LogP contribution in [0, 0.1) is 0 Å². The van der Waals surface area contributed by atoms with Gasteiger partial charge in [0, 0.05) is 137 Å². The Labute approximate surface area is 625 Å². The van der Waals surface area contributed by atoms with E-state index in [9.17, 15) is 0 Å². The van der Waals surface area contributed by atoms with Crippen LogP contribution >= 0.6 is 34.0 Å². The van der Waals surface area contributed by atoms with E-state index in [2.05, 4.69) is 360 Å². The zero-order valence-corrected chi connectivity index (χ0v) is 60.7. The first-order valence-electron chi connectivity index (χ1n) is 36.6. The van der Waals surface area contributed by atoms with Crippen LogP contribution < -0.4 is 0 Å². The Balaban J connectivity index is 0.0000000976. The molecule has 24 aromatic rings. The van der Waals surface area contributed by atoms with E-state index < -0.39 is 0 Å². The number of fused-ring (bicyclic) bond motifs is 30. The normalized spacial score (nSPS) is 12.8. The van der Waals surface area contributed by atoms with Crippen LogP contribution in [-0.2, 0) is 5.41 Å². The number of rotatable bonds is 4. The lowest BCUT2D eigenvalue weighted by Gasteiger charge is -2.21. The molecule has 0 spiro atoms. The number of thiophene rings is 3. The van der Waals surface area contributed by atoms with Crippen molar-refractivity contribution in [2.75, 3.05) is 0 Å². The van der Waals surface area contributed by atoms with E-state index in [-0.39, 0.29) is 5.41 Å². The third kappa shape index (κ3) is 8.77. The molecule has 0 bridgehead atoms. The highest BCUT2D eigenvalue weighted by Gasteiger charge is 2.36. The molecule has 8 heteroatoms. The Morgan fingerprint density at radius 2 is 0.598 bits per heavy atom. The molecule has 0 aliphatic heterocycles. The second-order valence-corrected chi connectivity index (χ2v) is 32.1. The van der Waals surface area contributed by atoms with Crippen LogP contribution in [0.2, 0.25) is 0 Å². The summed E-state index contributed by atoms with van der Waals surface area (Å²) in [5.41, 5.74) is 21.9. The molecular weight excluding hydrogens is 1360 g/mol. The van der Waals surface area contributed by atoms with Gasteiger partial charge in [-0.1, -0.05) is 226 Å². The van der Waals surface area contributed by atoms with Gasteiger partial charge in [0.25, 0.3) is 0 Å². The molecule has 0 saturated carbocycles. The highest BCUT2D eigenvalue weighted by atomic mass is 32.1. The van der Waals surface area contributed by atoms with Gasteiger partial charge >= 0.3 is 0 Å². The van der Waals surface area contributed by atoms with E-state index >= 15 is 0 Å². The Bertz CT molecular complexity index is 7840. The summed E-state index contributed by atoms with van der Waals surface area (Å²) in [4.78, 5) is 0. The SMILES string of the molecule is CC1(C)c2ccccc2-c2cc(-n3c4ccccc4c4c5c(ccc43)sc3ccccc35)ccc21.c1cc(-n2c3ccccc3c3ccccc32)cc(-n2c3ccccc3c3c4c(ccc32)sc2ccccc24)c1.c1ccc2c(c1)oc1c(-n3c4ccccc4c4c5c(ccc43)sc3ccccc35)cccc12. The third-order valence-corrected chi connectivity index (χ3v) is 26.3. The van der Waals surface area contributed by atoms with Gasteiger partial charge in [0.1, 0.15) is 5.58 Å². The van der Waals surface area contributed by atoms with Crippen LogP contribution in [0.3, 0.4) is 0 Å². The van der Waals surface area contributed by atoms with Crippen LogP contribution in [0.15, 0.2) is 344 Å². The maximum atomic E-state index is 6.43. The van der Waals surface area contributed by atoms with Gasteiger partial charge in [-0.05, 0) is 150 Å². The van der Waals surface area contributed by atoms with Crippen molar-refractivity contribution in [1.82, 2.24) is 18.3 Å². The highest BCUT2D eigenvalue weighted by Crippen LogP contribution is 2.52. The van der Waals surface area contributed by atoms with Crippen molar-refractivity contribution >= 4 is 204 Å². The monoisotopic (exact) mass is 1420 g/mol. The molecule has 1 aliphatic carbocycles. The van der Waals surface area contributed by atoms with Gasteiger partial charge < -0.3 is 22.7 Å². The molecule has 16 aromatic carbocycles. The molecule has 0 fully saturated rings. The molecule has 107 heavy (non-hydrogen) atoms. The Morgan fingerprint density at radius 3 is 1.11 bits per heavy atom. The minimum Gasteiger partial charge on any atom is -0.454 e. The molecule has 5 nitrogen and oxygen atoms in total. The molecule has 0 saturated heterocycles. The summed E-state index contributed by atoms with van der Waals surface area (Å²) in [6.45, 7) is 4.69. The summed E-state index contributed by atoms with van der Waals surface area (Å²) in [5, 5.41) is 20.9. The van der Waals surface area contributed by atoms with Crippen molar-refractivity contribution in [2.24, 2.45) is 0 Å². The van der Waals surface area contributed by atoms with E-state index in [0.717, 1.165) is 33.3 Å². The number of hydrogen-bond acceptors (Lipinski definition) is 4. The number of benzene rings is 16. The lowest BCUT2D eigenvalue weighted by atomic mass is 9.82. The summed E-state index contributed by atoms with van der Waals surface area (Å²) in [7, 11) is 0. The van der Waals surface area contributed by atoms with E-state index in [1.165, 1.54) is 181 Å². The van der Waals surface area contributed by atoms with Gasteiger partial charge in [-0.2, -0.15) is 0 Å². The summed E-state index contributed by atoms with van der Waals surface area (Å²) < 4.78 is 24.1. The lowest BCUT2D eigenvalue weighted by Crippen LogP contribution is -2.14. The average molecular weight is 1420 g/mol. The molecule has 8 aromatic heterocycles. The largest absolute Gasteiger partial charge is 0.454 e. The summed E-state index contributed by atoms with van der Waals surface area (Å²) in [6.07, 6.45) is 0. The summed E-state index contributed by atoms with van der Waals surface area (Å²) in [6, 6.07) is 124. The van der Waals surface area contributed by atoms with Gasteiger partial charge in [-0.25, -0.2) is 0 Å². The fourth-order valence-electron chi connectivity index (χ4n) is 18.4. The topological polar surface area (TPSA) is 32.9 Å². The number of aromatic nitrogens is 4. The van der Waals surface area contributed by atoms with Crippen LogP contribution in [0.5, 0.6) is 0 Å². The second-order valence-electron chi connectivity index (χ2n) is 28.9. The molecule has 0 N–H and O–H groups in total. The smallest absolute Gasteiger partial charge is 0.159 e. The zero-order valence-electron chi connectivity index (χ0n) is 58.3. The van der Waals surface area contributed by atoms with Crippen LogP contribution in [0.1, 0.15) is 25.0 Å². The van der Waals surface area contributed by atoms with Crippen molar-refractivity contribution in [3.05, 3.63) is 351 Å². The minimum absolute atomic E-state index is 0.0209. The molecular formula is C99H62N4OS3. The van der Waals surface area contributed by atoms with Crippen LogP contribution in [0.4, 0.5) is 0 Å². The molecule has 0 amide bonds. The third-order valence-electron chi connectivity index (χ3n) is 22.9. The van der Waals surface area contributed by atoms with Gasteiger partial charge in [0.15, 0.2) is 5.58 Å². The number of hydrogen-bond donors (Lipinski definition) is 0. The molecule has 0 radical (unpaired) electrons. The van der Waals surface area contributed by atoms with Crippen molar-refractivity contribution in [1.29, 1.82) is 0 Å². The number of para-hydroxylation sites is 7. The standard InChI is InChI=1S/C36H22N2S.C33H23NS.C30H17NOS/c1-5-16-29-25(12-1)26-13-2-6-17-30(26)37(29)23-10-9-11-24(22-23)38-31-18-7-3-14-27(31)35-32(38)20-21-34-36(35)28-15-4-8-19-33(28)39-34;1-33(2)25-12-6-3-9-21(25)24-19-20(15-16-26(24)33)34-27-13-7-4-10-22(27)31-28(34)17-18-30-32(31)23-11-5-8-14-29(23)35-30;1-4-12-22-20(9-1)28-23(16-17-27-29(28)21-10-3-6-15-26(21)33-27)31(22)24-13-7-11-19-18-8-2-5-14-25(18)32-30(19)24/h1-22H;3-19H,1-2H3;1-17H. The predicted octanol–water partition coefficient (Wildman–Crippen LogP) is 28.8. The molecule has 502 valence electrons. The summed E-state index contributed by atoms with van der Waals surface area (Å²) in [5.74, 6) is 0. The van der Waals surface area contributed by atoms with E-state index in [0.29, 0.717) is 0 Å². The highest BCUT2D eigenvalue weighted by molar-refractivity contribution is 7.27. The van der Waals surface area contributed by atoms with Gasteiger partial charge in [-0.15, -0.1) is 34.0 Å². The predicted molar refractivity (Wildman–Crippen MR) is 460 cm³/mol. The van der Waals surface area contributed by atoms with Crippen LogP contribution in [0.25, 0.3) is 204 Å². The Kier molecular flexibility index (Phi) is 13.1. The van der Waals surface area contributed by atoms with E-state index in [4.69, 9.17) is 4.42 Å². The first kappa shape index (κ1) is 60.6. The summed E-state index contributed by atoms with van der Waals surface area (Å²) >= 11 is 5.64. The van der Waals surface area contributed by atoms with Gasteiger partial charge in [0.05, 0.1) is 49.8 Å². The second kappa shape index (κ2) is 23.1. The molecule has 0 atom stereocenters.